The number of nitrogens with zero attached hydrogens (tertiary/aromatic N) is 6. The summed E-state index contributed by atoms with van der Waals surface area (Å²) in [4.78, 5) is 24.5. The average molecular weight is 563 g/mol. The minimum atomic E-state index is -4.71. The van der Waals surface area contributed by atoms with Gasteiger partial charge in [-0.25, -0.2) is 4.98 Å². The molecule has 41 heavy (non-hydrogen) atoms. The summed E-state index contributed by atoms with van der Waals surface area (Å²) < 4.78 is 56.5. The summed E-state index contributed by atoms with van der Waals surface area (Å²) in [5.74, 6) is 0.279. The third kappa shape index (κ3) is 4.85. The second kappa shape index (κ2) is 9.95. The van der Waals surface area contributed by atoms with E-state index < -0.39 is 17.8 Å². The maximum atomic E-state index is 14.3. The lowest BCUT2D eigenvalue weighted by Crippen LogP contribution is -2.32. The molecule has 0 saturated carbocycles. The van der Waals surface area contributed by atoms with Gasteiger partial charge >= 0.3 is 6.18 Å². The Bertz CT molecular complexity index is 1780. The first-order valence-corrected chi connectivity index (χ1v) is 12.8. The molecular formula is C29H25F3N6O3. The van der Waals surface area contributed by atoms with Crippen molar-refractivity contribution in [3.63, 3.8) is 0 Å². The lowest BCUT2D eigenvalue weighted by atomic mass is 9.97. The third-order valence-corrected chi connectivity index (χ3v) is 6.91. The van der Waals surface area contributed by atoms with Gasteiger partial charge in [-0.15, -0.1) is 0 Å². The first kappa shape index (κ1) is 26.4. The highest BCUT2D eigenvalue weighted by Gasteiger charge is 2.39. The Hall–Kier alpha value is -4.87. The molecule has 1 aliphatic rings. The molecular weight excluding hydrogens is 537 g/mol. The van der Waals surface area contributed by atoms with Gasteiger partial charge in [-0.3, -0.25) is 14.5 Å². The Labute approximate surface area is 232 Å². The van der Waals surface area contributed by atoms with Crippen molar-refractivity contribution >= 4 is 22.5 Å². The van der Waals surface area contributed by atoms with Crippen molar-refractivity contribution in [3.8, 4) is 22.6 Å². The van der Waals surface area contributed by atoms with Crippen molar-refractivity contribution in [3.05, 3.63) is 83.8 Å². The number of carbonyl (C=O) groups excluding carboxylic acids is 1. The second-order valence-electron chi connectivity index (χ2n) is 9.79. The fourth-order valence-corrected chi connectivity index (χ4v) is 5.16. The molecule has 0 atom stereocenters. The molecule has 1 aliphatic heterocycles. The van der Waals surface area contributed by atoms with E-state index in [0.717, 1.165) is 4.68 Å². The number of halogens is 3. The number of hydrogen-bond donors (Lipinski definition) is 0. The highest BCUT2D eigenvalue weighted by atomic mass is 19.4. The predicted octanol–water partition coefficient (Wildman–Crippen LogP) is 5.26. The van der Waals surface area contributed by atoms with Gasteiger partial charge in [0.05, 0.1) is 36.7 Å². The maximum Gasteiger partial charge on any atom is 0.435 e. The first-order chi connectivity index (χ1) is 19.6. The van der Waals surface area contributed by atoms with Gasteiger partial charge in [0.15, 0.2) is 5.69 Å². The lowest BCUT2D eigenvalue weighted by Gasteiger charge is -2.23. The number of methoxy groups -OCH3 is 1. The molecule has 0 spiro atoms. The van der Waals surface area contributed by atoms with Crippen LogP contribution in [0.4, 0.5) is 18.9 Å². The van der Waals surface area contributed by atoms with Crippen LogP contribution in [0.5, 0.6) is 11.5 Å². The molecule has 0 N–H and O–H groups in total. The molecule has 1 amide bonds. The molecule has 0 saturated heterocycles. The molecule has 12 heteroatoms. The predicted molar refractivity (Wildman–Crippen MR) is 145 cm³/mol. The Morgan fingerprint density at radius 1 is 1.10 bits per heavy atom. The second-order valence-corrected chi connectivity index (χ2v) is 9.79. The topological polar surface area (TPSA) is 87.3 Å². The van der Waals surface area contributed by atoms with Crippen LogP contribution in [0.2, 0.25) is 0 Å². The highest BCUT2D eigenvalue weighted by molar-refractivity contribution is 6.13. The van der Waals surface area contributed by atoms with Crippen LogP contribution in [0.1, 0.15) is 27.3 Å². The molecule has 6 rings (SSSR count). The molecule has 4 heterocycles. The van der Waals surface area contributed by atoms with Crippen LogP contribution in [-0.4, -0.2) is 50.5 Å². The average Bonchev–Trinajstić information content (AvgIpc) is 3.56. The van der Waals surface area contributed by atoms with Crippen molar-refractivity contribution in [2.45, 2.75) is 19.6 Å². The Balaban J connectivity index is 1.56. The number of rotatable bonds is 5. The molecule has 3 aromatic heterocycles. The molecule has 0 unspecified atom stereocenters. The van der Waals surface area contributed by atoms with Crippen LogP contribution in [0, 0.1) is 6.92 Å². The number of imidazole rings is 1. The number of hydrogen-bond acceptors (Lipinski definition) is 6. The molecule has 0 radical (unpaired) electrons. The van der Waals surface area contributed by atoms with E-state index in [1.165, 1.54) is 13.2 Å². The molecule has 9 nitrogen and oxygen atoms in total. The fourth-order valence-electron chi connectivity index (χ4n) is 5.16. The number of amides is 1. The van der Waals surface area contributed by atoms with Gasteiger partial charge in [0, 0.05) is 54.4 Å². The number of anilines is 1. The van der Waals surface area contributed by atoms with Crippen LogP contribution in [0.25, 0.3) is 22.0 Å². The SMILES string of the molecule is COc1ccc2nc(C)cc(N3CCOc4c(cc(Cn5ccnc5)cc4-c4cn(C)nc4C(F)(F)F)C3=O)c2c1. The standard InChI is InChI=1S/C29H25F3N6O3/c1-17-10-25(21-13-19(40-3)4-5-24(21)34-17)38-8-9-41-26-20(23-15-36(2)35-27(23)29(30,31)32)11-18(12-22(26)28(38)39)14-37-7-6-33-16-37/h4-7,10-13,15-16H,8-9,14H2,1-3H3. The molecule has 0 fully saturated rings. The van der Waals surface area contributed by atoms with Gasteiger partial charge in [0.25, 0.3) is 5.91 Å². The van der Waals surface area contributed by atoms with Crippen LogP contribution in [-0.2, 0) is 19.8 Å². The van der Waals surface area contributed by atoms with Crippen LogP contribution >= 0.6 is 0 Å². The zero-order valence-corrected chi connectivity index (χ0v) is 22.4. The molecule has 0 bridgehead atoms. The maximum absolute atomic E-state index is 14.3. The number of pyridine rings is 1. The van der Waals surface area contributed by atoms with Gasteiger partial charge in [0.2, 0.25) is 0 Å². The quantitative estimate of drug-likeness (QED) is 0.291. The highest BCUT2D eigenvalue weighted by Crippen LogP contribution is 2.43. The van der Waals surface area contributed by atoms with E-state index in [1.54, 1.807) is 53.5 Å². The first-order valence-electron chi connectivity index (χ1n) is 12.8. The number of benzene rings is 2. The normalized spacial score (nSPS) is 13.7. The summed E-state index contributed by atoms with van der Waals surface area (Å²) in [5.41, 5.74) is 1.66. The van der Waals surface area contributed by atoms with Gasteiger partial charge in [0.1, 0.15) is 18.1 Å². The van der Waals surface area contributed by atoms with Gasteiger partial charge in [-0.05, 0) is 48.9 Å². The van der Waals surface area contributed by atoms with Crippen molar-refractivity contribution in [2.24, 2.45) is 7.05 Å². The molecule has 210 valence electrons. The van der Waals surface area contributed by atoms with Gasteiger partial charge in [-0.1, -0.05) is 0 Å². The summed E-state index contributed by atoms with van der Waals surface area (Å²) in [5, 5.41) is 4.39. The lowest BCUT2D eigenvalue weighted by molar-refractivity contribution is -0.140. The molecule has 2 aromatic carbocycles. The summed E-state index contributed by atoms with van der Waals surface area (Å²) in [7, 11) is 2.98. The Kier molecular flexibility index (Phi) is 6.40. The summed E-state index contributed by atoms with van der Waals surface area (Å²) in [6.07, 6.45) is 1.52. The largest absolute Gasteiger partial charge is 0.497 e. The number of aryl methyl sites for hydroxylation is 2. The zero-order valence-electron chi connectivity index (χ0n) is 22.4. The van der Waals surface area contributed by atoms with E-state index in [-0.39, 0.29) is 42.1 Å². The van der Waals surface area contributed by atoms with Crippen LogP contribution < -0.4 is 14.4 Å². The van der Waals surface area contributed by atoms with Gasteiger partial charge < -0.3 is 18.9 Å². The molecule has 5 aromatic rings. The number of carbonyl (C=O) groups is 1. The minimum Gasteiger partial charge on any atom is -0.497 e. The van der Waals surface area contributed by atoms with Crippen molar-refractivity contribution in [2.75, 3.05) is 25.2 Å². The number of ether oxygens (including phenoxy) is 2. The summed E-state index contributed by atoms with van der Waals surface area (Å²) in [6, 6.07) is 10.5. The Morgan fingerprint density at radius 3 is 2.63 bits per heavy atom. The Morgan fingerprint density at radius 2 is 1.90 bits per heavy atom. The van der Waals surface area contributed by atoms with E-state index in [2.05, 4.69) is 15.1 Å². The third-order valence-electron chi connectivity index (χ3n) is 6.91. The molecule has 0 aliphatic carbocycles. The van der Waals surface area contributed by atoms with E-state index in [9.17, 15) is 18.0 Å². The van der Waals surface area contributed by atoms with Crippen LogP contribution in [0.15, 0.2) is 61.3 Å². The zero-order chi connectivity index (χ0) is 28.9. The summed E-state index contributed by atoms with van der Waals surface area (Å²) in [6.45, 7) is 2.34. The number of aromatic nitrogens is 5. The number of fused-ring (bicyclic) bond motifs is 2. The van der Waals surface area contributed by atoms with Crippen LogP contribution in [0.3, 0.4) is 0 Å². The fraction of sp³-hybridized carbons (Fsp3) is 0.241. The minimum absolute atomic E-state index is 0.0566. The van der Waals surface area contributed by atoms with E-state index in [0.29, 0.717) is 33.6 Å². The van der Waals surface area contributed by atoms with Gasteiger partial charge in [-0.2, -0.15) is 18.3 Å². The monoisotopic (exact) mass is 562 g/mol. The van der Waals surface area contributed by atoms with Crippen molar-refractivity contribution in [1.82, 2.24) is 24.3 Å². The smallest absolute Gasteiger partial charge is 0.435 e. The summed E-state index contributed by atoms with van der Waals surface area (Å²) >= 11 is 0. The van der Waals surface area contributed by atoms with E-state index in [1.807, 2.05) is 25.1 Å². The van der Waals surface area contributed by atoms with Crippen molar-refractivity contribution < 1.29 is 27.4 Å². The van der Waals surface area contributed by atoms with E-state index in [4.69, 9.17) is 9.47 Å². The number of alkyl halides is 3. The van der Waals surface area contributed by atoms with Crippen molar-refractivity contribution in [1.29, 1.82) is 0 Å². The van der Waals surface area contributed by atoms with E-state index >= 15 is 0 Å².